The van der Waals surface area contributed by atoms with Crippen molar-refractivity contribution in [3.63, 3.8) is 0 Å². The minimum Gasteiger partial charge on any atom is -0.381 e. The number of ether oxygens (including phenoxy) is 2. The molecular weight excluding hydrogens is 324 g/mol. The van der Waals surface area contributed by atoms with Gasteiger partial charge in [-0.3, -0.25) is 9.89 Å². The van der Waals surface area contributed by atoms with Gasteiger partial charge in [-0.1, -0.05) is 0 Å². The zero-order valence-electron chi connectivity index (χ0n) is 15.1. The van der Waals surface area contributed by atoms with E-state index in [4.69, 9.17) is 9.47 Å². The summed E-state index contributed by atoms with van der Waals surface area (Å²) in [5.41, 5.74) is 0.252. The summed E-state index contributed by atoms with van der Waals surface area (Å²) in [4.78, 5) is 9.41. The SMILES string of the molecule is CN=C(NCC1(N2CCOCC2)CCSC1)N(C)CC1CCOC1. The van der Waals surface area contributed by atoms with E-state index in [1.165, 1.54) is 17.9 Å². The molecule has 0 aromatic heterocycles. The summed E-state index contributed by atoms with van der Waals surface area (Å²) < 4.78 is 11.1. The number of nitrogens with zero attached hydrogens (tertiary/aromatic N) is 3. The maximum Gasteiger partial charge on any atom is 0.193 e. The van der Waals surface area contributed by atoms with Gasteiger partial charge in [0, 0.05) is 64.1 Å². The van der Waals surface area contributed by atoms with E-state index in [0.29, 0.717) is 5.92 Å². The summed E-state index contributed by atoms with van der Waals surface area (Å²) in [7, 11) is 4.02. The van der Waals surface area contributed by atoms with Crippen LogP contribution in [0.3, 0.4) is 0 Å². The molecule has 2 atom stereocenters. The predicted octanol–water partition coefficient (Wildman–Crippen LogP) is 0.738. The van der Waals surface area contributed by atoms with Crippen LogP contribution in [0.1, 0.15) is 12.8 Å². The number of nitrogens with one attached hydrogen (secondary N) is 1. The van der Waals surface area contributed by atoms with Crippen LogP contribution in [-0.4, -0.2) is 99.5 Å². The Balaban J connectivity index is 1.56. The van der Waals surface area contributed by atoms with Crippen molar-refractivity contribution >= 4 is 17.7 Å². The van der Waals surface area contributed by atoms with E-state index in [1.807, 2.05) is 7.05 Å². The summed E-state index contributed by atoms with van der Waals surface area (Å²) in [6.07, 6.45) is 2.41. The Labute approximate surface area is 150 Å². The molecule has 6 nitrogen and oxygen atoms in total. The Morgan fingerprint density at radius 1 is 1.33 bits per heavy atom. The maximum absolute atomic E-state index is 5.55. The molecule has 0 saturated carbocycles. The Morgan fingerprint density at radius 3 is 2.79 bits per heavy atom. The summed E-state index contributed by atoms with van der Waals surface area (Å²) in [6.45, 7) is 7.60. The highest BCUT2D eigenvalue weighted by molar-refractivity contribution is 7.99. The molecule has 2 unspecified atom stereocenters. The average Bonchev–Trinajstić information content (AvgIpc) is 3.29. The molecule has 3 aliphatic heterocycles. The number of aliphatic imine (C=N–C) groups is 1. The van der Waals surface area contributed by atoms with Crippen molar-refractivity contribution in [2.24, 2.45) is 10.9 Å². The van der Waals surface area contributed by atoms with E-state index in [9.17, 15) is 0 Å². The Kier molecular flexibility index (Phi) is 6.66. The lowest BCUT2D eigenvalue weighted by molar-refractivity contribution is -0.0121. The normalized spacial score (nSPS) is 32.2. The molecule has 0 amide bonds. The highest BCUT2D eigenvalue weighted by Gasteiger charge is 2.40. The highest BCUT2D eigenvalue weighted by Crippen LogP contribution is 2.33. The quantitative estimate of drug-likeness (QED) is 0.579. The first kappa shape index (κ1) is 18.3. The molecule has 24 heavy (non-hydrogen) atoms. The van der Waals surface area contributed by atoms with Gasteiger partial charge in [-0.2, -0.15) is 11.8 Å². The third-order valence-corrected chi connectivity index (χ3v) is 6.70. The van der Waals surface area contributed by atoms with Crippen LogP contribution in [-0.2, 0) is 9.47 Å². The summed E-state index contributed by atoms with van der Waals surface area (Å²) in [5.74, 6) is 4.10. The fourth-order valence-electron chi connectivity index (χ4n) is 3.96. The zero-order chi connectivity index (χ0) is 16.8. The zero-order valence-corrected chi connectivity index (χ0v) is 15.9. The summed E-state index contributed by atoms with van der Waals surface area (Å²) in [6, 6.07) is 0. The largest absolute Gasteiger partial charge is 0.381 e. The molecule has 0 radical (unpaired) electrons. The molecule has 0 bridgehead atoms. The number of guanidine groups is 1. The van der Waals surface area contributed by atoms with Crippen LogP contribution < -0.4 is 5.32 Å². The Hall–Kier alpha value is -0.500. The topological polar surface area (TPSA) is 49.3 Å². The minimum atomic E-state index is 0.252. The van der Waals surface area contributed by atoms with E-state index in [-0.39, 0.29) is 5.54 Å². The van der Waals surface area contributed by atoms with Crippen molar-refractivity contribution in [2.45, 2.75) is 18.4 Å². The van der Waals surface area contributed by atoms with Crippen LogP contribution in [0.25, 0.3) is 0 Å². The van der Waals surface area contributed by atoms with Gasteiger partial charge in [-0.05, 0) is 18.6 Å². The molecule has 7 heteroatoms. The first-order chi connectivity index (χ1) is 11.7. The second-order valence-electron chi connectivity index (χ2n) is 7.14. The maximum atomic E-state index is 5.55. The van der Waals surface area contributed by atoms with Gasteiger partial charge >= 0.3 is 0 Å². The molecule has 0 aliphatic carbocycles. The van der Waals surface area contributed by atoms with Gasteiger partial charge in [0.05, 0.1) is 19.8 Å². The molecule has 3 heterocycles. The van der Waals surface area contributed by atoms with Crippen molar-refractivity contribution in [2.75, 3.05) is 78.2 Å². The molecule has 0 spiro atoms. The molecule has 1 N–H and O–H groups in total. The second-order valence-corrected chi connectivity index (χ2v) is 8.24. The van der Waals surface area contributed by atoms with E-state index in [1.54, 1.807) is 0 Å². The van der Waals surface area contributed by atoms with Crippen LogP contribution in [0.4, 0.5) is 0 Å². The standard InChI is InChI=1S/C17H32N4O2S/c1-18-16(20(2)11-15-3-7-23-12-15)19-13-17(4-10-24-14-17)21-5-8-22-9-6-21/h15H,3-14H2,1-2H3,(H,18,19). The van der Waals surface area contributed by atoms with E-state index in [0.717, 1.165) is 65.0 Å². The molecular formula is C17H32N4O2S. The molecule has 0 aromatic rings. The van der Waals surface area contributed by atoms with E-state index >= 15 is 0 Å². The molecule has 3 fully saturated rings. The number of morpholine rings is 1. The number of hydrogen-bond donors (Lipinski definition) is 1. The van der Waals surface area contributed by atoms with Crippen LogP contribution >= 0.6 is 11.8 Å². The summed E-state index contributed by atoms with van der Waals surface area (Å²) in [5, 5.41) is 3.66. The number of hydrogen-bond acceptors (Lipinski definition) is 5. The lowest BCUT2D eigenvalue weighted by atomic mass is 9.95. The first-order valence-corrected chi connectivity index (χ1v) is 10.3. The third-order valence-electron chi connectivity index (χ3n) is 5.47. The van der Waals surface area contributed by atoms with Gasteiger partial charge in [-0.15, -0.1) is 0 Å². The third kappa shape index (κ3) is 4.36. The fraction of sp³-hybridized carbons (Fsp3) is 0.941. The number of thioether (sulfide) groups is 1. The fourth-order valence-corrected chi connectivity index (χ4v) is 5.44. The predicted molar refractivity (Wildman–Crippen MR) is 100.0 cm³/mol. The highest BCUT2D eigenvalue weighted by atomic mass is 32.2. The van der Waals surface area contributed by atoms with Crippen LogP contribution in [0.2, 0.25) is 0 Å². The van der Waals surface area contributed by atoms with Crippen molar-refractivity contribution < 1.29 is 9.47 Å². The van der Waals surface area contributed by atoms with Crippen molar-refractivity contribution in [3.8, 4) is 0 Å². The lowest BCUT2D eigenvalue weighted by Crippen LogP contribution is -2.60. The average molecular weight is 357 g/mol. The molecule has 138 valence electrons. The summed E-state index contributed by atoms with van der Waals surface area (Å²) >= 11 is 2.08. The van der Waals surface area contributed by atoms with Gasteiger partial charge in [0.15, 0.2) is 5.96 Å². The van der Waals surface area contributed by atoms with Crippen LogP contribution in [0.15, 0.2) is 4.99 Å². The molecule has 0 aromatic carbocycles. The van der Waals surface area contributed by atoms with Crippen molar-refractivity contribution in [3.05, 3.63) is 0 Å². The molecule has 3 aliphatic rings. The van der Waals surface area contributed by atoms with Crippen LogP contribution in [0.5, 0.6) is 0 Å². The van der Waals surface area contributed by atoms with E-state index < -0.39 is 0 Å². The van der Waals surface area contributed by atoms with Gasteiger partial charge in [0.1, 0.15) is 0 Å². The van der Waals surface area contributed by atoms with Gasteiger partial charge in [-0.25, -0.2) is 0 Å². The second kappa shape index (κ2) is 8.74. The van der Waals surface area contributed by atoms with Gasteiger partial charge in [0.2, 0.25) is 0 Å². The number of rotatable bonds is 5. The van der Waals surface area contributed by atoms with E-state index in [2.05, 4.69) is 38.9 Å². The Morgan fingerprint density at radius 2 is 2.17 bits per heavy atom. The smallest absolute Gasteiger partial charge is 0.193 e. The van der Waals surface area contributed by atoms with Gasteiger partial charge in [0.25, 0.3) is 0 Å². The lowest BCUT2D eigenvalue weighted by Gasteiger charge is -2.43. The van der Waals surface area contributed by atoms with Crippen molar-refractivity contribution in [1.29, 1.82) is 0 Å². The first-order valence-electron chi connectivity index (χ1n) is 9.13. The Bertz CT molecular complexity index is 417. The van der Waals surface area contributed by atoms with Gasteiger partial charge < -0.3 is 19.7 Å². The van der Waals surface area contributed by atoms with Crippen molar-refractivity contribution in [1.82, 2.24) is 15.1 Å². The molecule has 3 saturated heterocycles. The molecule has 3 rings (SSSR count). The minimum absolute atomic E-state index is 0.252. The van der Waals surface area contributed by atoms with Crippen LogP contribution in [0, 0.1) is 5.92 Å². The monoisotopic (exact) mass is 356 g/mol.